The van der Waals surface area contributed by atoms with Crippen molar-refractivity contribution in [2.24, 2.45) is 0 Å². The average Bonchev–Trinajstić information content (AvgIpc) is 2.32. The summed E-state index contributed by atoms with van der Waals surface area (Å²) < 4.78 is 0. The predicted molar refractivity (Wildman–Crippen MR) is 66.2 cm³/mol. The average molecular weight is 259 g/mol. The van der Waals surface area contributed by atoms with Crippen LogP contribution in [0.4, 0.5) is 4.79 Å². The van der Waals surface area contributed by atoms with Crippen LogP contribution < -0.4 is 0 Å². The number of carbonyl (C=O) groups excluding carboxylic acids is 2. The maximum absolute atomic E-state index is 12.0. The van der Waals surface area contributed by atoms with Gasteiger partial charge in [0.15, 0.2) is 0 Å². The molecule has 7 heteroatoms. The lowest BCUT2D eigenvalue weighted by molar-refractivity contribution is -0.141. The minimum absolute atomic E-state index is 0.0565. The van der Waals surface area contributed by atoms with Gasteiger partial charge in [0, 0.05) is 27.7 Å². The van der Waals surface area contributed by atoms with E-state index in [-0.39, 0.29) is 12.5 Å². The van der Waals surface area contributed by atoms with Crippen LogP contribution >= 0.6 is 0 Å². The molecule has 18 heavy (non-hydrogen) atoms. The number of carboxylic acids is 1. The van der Waals surface area contributed by atoms with Crippen molar-refractivity contribution in [1.29, 1.82) is 0 Å². The Morgan fingerprint density at radius 1 is 1.17 bits per heavy atom. The van der Waals surface area contributed by atoms with Crippen LogP contribution in [0.5, 0.6) is 0 Å². The molecule has 0 aromatic rings. The van der Waals surface area contributed by atoms with Crippen LogP contribution in [0.3, 0.4) is 0 Å². The molecular weight excluding hydrogens is 238 g/mol. The minimum atomic E-state index is -1.08. The van der Waals surface area contributed by atoms with Crippen LogP contribution in [-0.2, 0) is 9.59 Å². The summed E-state index contributed by atoms with van der Waals surface area (Å²) in [4.78, 5) is 38.1. The lowest BCUT2D eigenvalue weighted by Gasteiger charge is -2.29. The first-order valence-corrected chi connectivity index (χ1v) is 5.67. The highest BCUT2D eigenvalue weighted by molar-refractivity contribution is 5.86. The second-order valence-electron chi connectivity index (χ2n) is 4.21. The first kappa shape index (κ1) is 16.2. The van der Waals surface area contributed by atoms with Crippen LogP contribution in [0.2, 0.25) is 0 Å². The zero-order chi connectivity index (χ0) is 14.5. The van der Waals surface area contributed by atoms with E-state index in [4.69, 9.17) is 5.11 Å². The highest BCUT2D eigenvalue weighted by atomic mass is 16.4. The van der Waals surface area contributed by atoms with Gasteiger partial charge in [0.25, 0.3) is 0 Å². The number of carbonyl (C=O) groups is 3. The third-order valence-corrected chi connectivity index (χ3v) is 2.72. The van der Waals surface area contributed by atoms with E-state index >= 15 is 0 Å². The van der Waals surface area contributed by atoms with Gasteiger partial charge < -0.3 is 19.8 Å². The molecule has 0 bridgehead atoms. The highest BCUT2D eigenvalue weighted by Crippen LogP contribution is 2.03. The Labute approximate surface area is 107 Å². The number of carboxylic acid groups (broad SMARTS) is 1. The highest BCUT2D eigenvalue weighted by Gasteiger charge is 2.26. The van der Waals surface area contributed by atoms with E-state index < -0.39 is 18.0 Å². The summed E-state index contributed by atoms with van der Waals surface area (Å²) in [6.45, 7) is 3.44. The van der Waals surface area contributed by atoms with Crippen LogP contribution in [0.15, 0.2) is 0 Å². The van der Waals surface area contributed by atoms with Gasteiger partial charge in [-0.3, -0.25) is 4.79 Å². The molecule has 0 radical (unpaired) electrons. The van der Waals surface area contributed by atoms with Gasteiger partial charge in [0.2, 0.25) is 5.91 Å². The quantitative estimate of drug-likeness (QED) is 0.749. The molecule has 0 spiro atoms. The fourth-order valence-electron chi connectivity index (χ4n) is 1.17. The van der Waals surface area contributed by atoms with E-state index in [1.54, 1.807) is 21.0 Å². The Morgan fingerprint density at radius 3 is 2.00 bits per heavy atom. The van der Waals surface area contributed by atoms with Gasteiger partial charge in [-0.15, -0.1) is 0 Å². The van der Waals surface area contributed by atoms with Crippen molar-refractivity contribution in [2.45, 2.75) is 19.9 Å². The number of amides is 3. The second-order valence-corrected chi connectivity index (χ2v) is 4.21. The molecule has 1 atom stereocenters. The summed E-state index contributed by atoms with van der Waals surface area (Å²) in [5.74, 6) is -1.29. The molecule has 0 aliphatic carbocycles. The first-order chi connectivity index (χ1) is 8.22. The SMILES string of the molecule is CCN(CC(=O)N(C)C)C(=O)N(C)C(C)C(=O)O. The molecule has 0 saturated heterocycles. The van der Waals surface area contributed by atoms with Gasteiger partial charge in [-0.2, -0.15) is 0 Å². The summed E-state index contributed by atoms with van der Waals surface area (Å²) >= 11 is 0. The van der Waals surface area contributed by atoms with Crippen molar-refractivity contribution < 1.29 is 19.5 Å². The molecular formula is C11H21N3O4. The smallest absolute Gasteiger partial charge is 0.326 e. The molecule has 3 amide bonds. The molecule has 1 unspecified atom stereocenters. The van der Waals surface area contributed by atoms with Crippen LogP contribution in [0, 0.1) is 0 Å². The normalized spacial score (nSPS) is 11.6. The van der Waals surface area contributed by atoms with Gasteiger partial charge in [0.1, 0.15) is 12.6 Å². The molecule has 0 rings (SSSR count). The van der Waals surface area contributed by atoms with Gasteiger partial charge >= 0.3 is 12.0 Å². The zero-order valence-corrected chi connectivity index (χ0v) is 11.5. The largest absolute Gasteiger partial charge is 0.480 e. The van der Waals surface area contributed by atoms with Gasteiger partial charge in [-0.05, 0) is 13.8 Å². The first-order valence-electron chi connectivity index (χ1n) is 5.67. The molecule has 0 aliphatic rings. The van der Waals surface area contributed by atoms with Gasteiger partial charge in [0.05, 0.1) is 0 Å². The maximum Gasteiger partial charge on any atom is 0.326 e. The molecule has 0 saturated carbocycles. The van der Waals surface area contributed by atoms with Crippen molar-refractivity contribution in [2.75, 3.05) is 34.2 Å². The van der Waals surface area contributed by atoms with Crippen LogP contribution in [0.1, 0.15) is 13.8 Å². The van der Waals surface area contributed by atoms with Gasteiger partial charge in [-0.25, -0.2) is 9.59 Å². The number of rotatable bonds is 5. The van der Waals surface area contributed by atoms with Crippen molar-refractivity contribution >= 4 is 17.9 Å². The third-order valence-electron chi connectivity index (χ3n) is 2.72. The summed E-state index contributed by atoms with van der Waals surface area (Å²) in [6.07, 6.45) is 0. The van der Waals surface area contributed by atoms with E-state index in [9.17, 15) is 14.4 Å². The lowest BCUT2D eigenvalue weighted by atomic mass is 10.3. The standard InChI is InChI=1S/C11H21N3O4/c1-6-14(7-9(15)12(3)4)11(18)13(5)8(2)10(16)17/h8H,6-7H2,1-5H3,(H,16,17). The lowest BCUT2D eigenvalue weighted by Crippen LogP contribution is -2.50. The fraction of sp³-hybridized carbons (Fsp3) is 0.727. The molecule has 0 aromatic heterocycles. The number of nitrogens with zero attached hydrogens (tertiary/aromatic N) is 3. The molecule has 0 fully saturated rings. The summed E-state index contributed by atoms with van der Waals surface area (Å²) in [6, 6.07) is -1.40. The Kier molecular flexibility index (Phi) is 6.15. The van der Waals surface area contributed by atoms with E-state index in [1.807, 2.05) is 0 Å². The van der Waals surface area contributed by atoms with Crippen LogP contribution in [0.25, 0.3) is 0 Å². The summed E-state index contributed by atoms with van der Waals surface area (Å²) in [7, 11) is 4.61. The minimum Gasteiger partial charge on any atom is -0.480 e. The molecule has 0 heterocycles. The fourth-order valence-corrected chi connectivity index (χ4v) is 1.17. The van der Waals surface area contributed by atoms with Crippen LogP contribution in [-0.4, -0.2) is 78.0 Å². The van der Waals surface area contributed by atoms with E-state index in [2.05, 4.69) is 0 Å². The van der Waals surface area contributed by atoms with E-state index in [1.165, 1.54) is 23.8 Å². The zero-order valence-electron chi connectivity index (χ0n) is 11.5. The number of hydrogen-bond acceptors (Lipinski definition) is 3. The van der Waals surface area contributed by atoms with Crippen molar-refractivity contribution in [3.8, 4) is 0 Å². The second kappa shape index (κ2) is 6.83. The topological polar surface area (TPSA) is 81.2 Å². The Bertz CT molecular complexity index is 330. The van der Waals surface area contributed by atoms with Gasteiger partial charge in [-0.1, -0.05) is 0 Å². The monoisotopic (exact) mass is 259 g/mol. The van der Waals surface area contributed by atoms with Crippen molar-refractivity contribution in [3.63, 3.8) is 0 Å². The number of hydrogen-bond donors (Lipinski definition) is 1. The van der Waals surface area contributed by atoms with Crippen molar-refractivity contribution in [1.82, 2.24) is 14.7 Å². The third kappa shape index (κ3) is 4.23. The summed E-state index contributed by atoms with van der Waals surface area (Å²) in [5, 5.41) is 8.84. The summed E-state index contributed by atoms with van der Waals surface area (Å²) in [5.41, 5.74) is 0. The molecule has 104 valence electrons. The Balaban J connectivity index is 4.71. The Hall–Kier alpha value is -1.79. The van der Waals surface area contributed by atoms with Crippen molar-refractivity contribution in [3.05, 3.63) is 0 Å². The number of likely N-dealkylation sites (N-methyl/N-ethyl adjacent to an activating group) is 3. The van der Waals surface area contributed by atoms with E-state index in [0.29, 0.717) is 6.54 Å². The molecule has 0 aromatic carbocycles. The molecule has 0 aliphatic heterocycles. The number of aliphatic carboxylic acids is 1. The predicted octanol–water partition coefficient (Wildman–Crippen LogP) is -0.0786. The maximum atomic E-state index is 12.0. The number of urea groups is 1. The molecule has 1 N–H and O–H groups in total. The Morgan fingerprint density at radius 2 is 1.67 bits per heavy atom. The van der Waals surface area contributed by atoms with E-state index in [0.717, 1.165) is 4.90 Å². The molecule has 7 nitrogen and oxygen atoms in total.